The molecule has 0 unspecified atom stereocenters. The molecule has 0 saturated heterocycles. The van der Waals surface area contributed by atoms with Gasteiger partial charge in [0, 0.05) is 25.2 Å². The number of alkyl halides is 3. The summed E-state index contributed by atoms with van der Waals surface area (Å²) in [4.78, 5) is 25.4. The lowest BCUT2D eigenvalue weighted by atomic mass is 10.2. The average Bonchev–Trinajstić information content (AvgIpc) is 3.06. The van der Waals surface area contributed by atoms with Gasteiger partial charge in [0.05, 0.1) is 6.54 Å². The van der Waals surface area contributed by atoms with E-state index in [4.69, 9.17) is 4.42 Å². The van der Waals surface area contributed by atoms with Crippen LogP contribution in [0.5, 0.6) is 0 Å². The molecule has 1 amide bonds. The fourth-order valence-corrected chi connectivity index (χ4v) is 2.23. The molecule has 0 saturated carbocycles. The topological polar surface area (TPSA) is 53.8 Å². The Morgan fingerprint density at radius 2 is 1.88 bits per heavy atom. The van der Waals surface area contributed by atoms with E-state index in [-0.39, 0.29) is 19.0 Å². The van der Waals surface area contributed by atoms with Gasteiger partial charge in [0.2, 0.25) is 11.7 Å². The van der Waals surface area contributed by atoms with Crippen molar-refractivity contribution in [3.8, 4) is 0 Å². The molecule has 140 valence electrons. The number of likely N-dealkylation sites (N-methyl/N-ethyl adjacent to an activating group) is 1. The molecule has 0 fully saturated rings. The third kappa shape index (κ3) is 4.84. The zero-order valence-corrected chi connectivity index (χ0v) is 13.8. The lowest BCUT2D eigenvalue weighted by Crippen LogP contribution is -2.39. The maximum atomic E-state index is 13.7. The lowest BCUT2D eigenvalue weighted by Gasteiger charge is -2.23. The minimum Gasteiger partial charge on any atom is -0.436 e. The van der Waals surface area contributed by atoms with E-state index >= 15 is 0 Å². The molecule has 0 atom stereocenters. The molecule has 1 aromatic carbocycles. The summed E-state index contributed by atoms with van der Waals surface area (Å²) in [5, 5.41) is 0. The van der Waals surface area contributed by atoms with Crippen molar-refractivity contribution < 1.29 is 31.6 Å². The fraction of sp³-hybridized carbons (Fsp3) is 0.294. The number of benzene rings is 1. The van der Waals surface area contributed by atoms with E-state index < -0.39 is 30.2 Å². The second-order valence-corrected chi connectivity index (χ2v) is 5.52. The Labute approximate surface area is 146 Å². The summed E-state index contributed by atoms with van der Waals surface area (Å²) < 4.78 is 56.2. The number of halogens is 4. The Balaban J connectivity index is 2.09. The monoisotopic (exact) mass is 372 g/mol. The van der Waals surface area contributed by atoms with Crippen LogP contribution in [0, 0.1) is 5.82 Å². The normalized spacial score (nSPS) is 11.3. The fourth-order valence-electron chi connectivity index (χ4n) is 2.23. The molecule has 1 heterocycles. The maximum absolute atomic E-state index is 13.7. The number of furan rings is 1. The number of hydrogen-bond acceptors (Lipinski definition) is 4. The Hall–Kier alpha value is -2.84. The summed E-state index contributed by atoms with van der Waals surface area (Å²) in [5.74, 6) is -2.47. The largest absolute Gasteiger partial charge is 0.449 e. The summed E-state index contributed by atoms with van der Waals surface area (Å²) in [6.45, 7) is -0.745. The average molecular weight is 372 g/mol. The van der Waals surface area contributed by atoms with Crippen molar-refractivity contribution in [2.75, 3.05) is 25.0 Å². The zero-order valence-electron chi connectivity index (χ0n) is 13.8. The maximum Gasteiger partial charge on any atom is 0.449 e. The number of anilines is 1. The van der Waals surface area contributed by atoms with Gasteiger partial charge in [-0.25, -0.2) is 4.39 Å². The van der Waals surface area contributed by atoms with Crippen molar-refractivity contribution in [2.24, 2.45) is 0 Å². The van der Waals surface area contributed by atoms with Crippen LogP contribution in [0.1, 0.15) is 11.3 Å². The zero-order chi connectivity index (χ0) is 19.3. The predicted molar refractivity (Wildman–Crippen MR) is 84.9 cm³/mol. The number of aldehydes is 1. The van der Waals surface area contributed by atoms with Crippen LogP contribution in [0.3, 0.4) is 0 Å². The van der Waals surface area contributed by atoms with Crippen molar-refractivity contribution in [1.29, 1.82) is 0 Å². The highest BCUT2D eigenvalue weighted by Gasteiger charge is 2.35. The number of hydrogen-bond donors (Lipinski definition) is 0. The summed E-state index contributed by atoms with van der Waals surface area (Å²) in [6.07, 6.45) is -4.23. The summed E-state index contributed by atoms with van der Waals surface area (Å²) >= 11 is 0. The molecule has 9 heteroatoms. The van der Waals surface area contributed by atoms with Crippen LogP contribution in [0.2, 0.25) is 0 Å². The van der Waals surface area contributed by atoms with Gasteiger partial charge in [-0.3, -0.25) is 4.79 Å². The van der Waals surface area contributed by atoms with Crippen LogP contribution >= 0.6 is 0 Å². The molecular weight excluding hydrogens is 356 g/mol. The molecule has 0 radical (unpaired) electrons. The minimum absolute atomic E-state index is 0.0214. The SMILES string of the molecule is CN(Cc1ccccc1F)C(=O)CN(CC=O)c1ccc(C(F)(F)F)o1. The van der Waals surface area contributed by atoms with Gasteiger partial charge in [0.1, 0.15) is 18.6 Å². The first-order chi connectivity index (χ1) is 12.2. The Bertz CT molecular complexity index is 773. The highest BCUT2D eigenvalue weighted by Crippen LogP contribution is 2.33. The minimum atomic E-state index is -4.67. The van der Waals surface area contributed by atoms with Gasteiger partial charge in [0.25, 0.3) is 0 Å². The van der Waals surface area contributed by atoms with Gasteiger partial charge in [-0.05, 0) is 12.1 Å². The Morgan fingerprint density at radius 3 is 2.46 bits per heavy atom. The van der Waals surface area contributed by atoms with E-state index in [9.17, 15) is 27.2 Å². The van der Waals surface area contributed by atoms with Gasteiger partial charge in [-0.1, -0.05) is 18.2 Å². The first-order valence-corrected chi connectivity index (χ1v) is 7.55. The second kappa shape index (κ2) is 8.03. The van der Waals surface area contributed by atoms with Crippen molar-refractivity contribution in [2.45, 2.75) is 12.7 Å². The molecule has 0 aliphatic rings. The summed E-state index contributed by atoms with van der Waals surface area (Å²) in [7, 11) is 1.43. The molecular formula is C17H16F4N2O3. The first-order valence-electron chi connectivity index (χ1n) is 7.55. The highest BCUT2D eigenvalue weighted by molar-refractivity contribution is 5.81. The molecule has 0 N–H and O–H groups in total. The van der Waals surface area contributed by atoms with Crippen molar-refractivity contribution in [3.63, 3.8) is 0 Å². The van der Waals surface area contributed by atoms with Gasteiger partial charge in [-0.15, -0.1) is 0 Å². The van der Waals surface area contributed by atoms with Crippen LogP contribution in [0.4, 0.5) is 23.4 Å². The number of carbonyl (C=O) groups is 2. The molecule has 26 heavy (non-hydrogen) atoms. The molecule has 5 nitrogen and oxygen atoms in total. The molecule has 2 aromatic rings. The third-order valence-electron chi connectivity index (χ3n) is 3.60. The quantitative estimate of drug-likeness (QED) is 0.554. The first kappa shape index (κ1) is 19.5. The van der Waals surface area contributed by atoms with Gasteiger partial charge < -0.3 is 19.0 Å². The van der Waals surface area contributed by atoms with Crippen LogP contribution in [0.25, 0.3) is 0 Å². The standard InChI is InChI=1S/C17H16F4N2O3/c1-22(10-12-4-2-3-5-13(12)18)15(25)11-23(8-9-24)16-7-6-14(26-16)17(19,20)21/h2-7,9H,8,10-11H2,1H3. The molecule has 2 rings (SSSR count). The summed E-state index contributed by atoms with van der Waals surface area (Å²) in [5.41, 5.74) is 0.294. The van der Waals surface area contributed by atoms with E-state index in [2.05, 4.69) is 0 Å². The van der Waals surface area contributed by atoms with E-state index in [0.717, 1.165) is 17.0 Å². The second-order valence-electron chi connectivity index (χ2n) is 5.52. The highest BCUT2D eigenvalue weighted by atomic mass is 19.4. The third-order valence-corrected chi connectivity index (χ3v) is 3.60. The molecule has 1 aromatic heterocycles. The van der Waals surface area contributed by atoms with Crippen molar-refractivity contribution >= 4 is 18.1 Å². The molecule has 0 bridgehead atoms. The smallest absolute Gasteiger partial charge is 0.436 e. The number of rotatable bonds is 7. The van der Waals surface area contributed by atoms with Gasteiger partial charge in [-0.2, -0.15) is 13.2 Å². The number of amides is 1. The van der Waals surface area contributed by atoms with Gasteiger partial charge >= 0.3 is 6.18 Å². The predicted octanol–water partition coefficient (Wildman–Crippen LogP) is 3.10. The van der Waals surface area contributed by atoms with Crippen LogP contribution in [-0.4, -0.2) is 37.2 Å². The van der Waals surface area contributed by atoms with Crippen molar-refractivity contribution in [3.05, 3.63) is 53.5 Å². The Kier molecular flexibility index (Phi) is 6.01. The van der Waals surface area contributed by atoms with E-state index in [0.29, 0.717) is 11.8 Å². The molecule has 0 aliphatic carbocycles. The van der Waals surface area contributed by atoms with E-state index in [1.165, 1.54) is 30.1 Å². The van der Waals surface area contributed by atoms with E-state index in [1.54, 1.807) is 6.07 Å². The van der Waals surface area contributed by atoms with Crippen LogP contribution < -0.4 is 4.90 Å². The lowest BCUT2D eigenvalue weighted by molar-refractivity contribution is -0.152. The van der Waals surface area contributed by atoms with Crippen LogP contribution in [-0.2, 0) is 22.3 Å². The van der Waals surface area contributed by atoms with Crippen LogP contribution in [0.15, 0.2) is 40.8 Å². The van der Waals surface area contributed by atoms with Gasteiger partial charge in [0.15, 0.2) is 5.88 Å². The van der Waals surface area contributed by atoms with Crippen molar-refractivity contribution in [1.82, 2.24) is 4.90 Å². The number of carbonyl (C=O) groups excluding carboxylic acids is 2. The van der Waals surface area contributed by atoms with E-state index in [1.807, 2.05) is 0 Å². The number of nitrogens with zero attached hydrogens (tertiary/aromatic N) is 2. The summed E-state index contributed by atoms with van der Waals surface area (Å²) in [6, 6.07) is 7.67. The molecule has 0 aliphatic heterocycles. The Morgan fingerprint density at radius 1 is 1.19 bits per heavy atom. The molecule has 0 spiro atoms.